The van der Waals surface area contributed by atoms with Gasteiger partial charge in [0.05, 0.1) is 4.53 Å². The van der Waals surface area contributed by atoms with Gasteiger partial charge in [0.15, 0.2) is 5.82 Å². The lowest BCUT2D eigenvalue weighted by Crippen LogP contribution is -2.23. The highest BCUT2D eigenvalue weighted by Crippen LogP contribution is 2.17. The molecule has 2 aromatic heterocycles. The molecule has 6 heteroatoms. The van der Waals surface area contributed by atoms with Crippen molar-refractivity contribution >= 4 is 28.1 Å². The lowest BCUT2D eigenvalue weighted by molar-refractivity contribution is 1.09. The van der Waals surface area contributed by atoms with Crippen LogP contribution in [0.3, 0.4) is 0 Å². The number of nitrogens with zero attached hydrogens (tertiary/aromatic N) is 4. The molecule has 2 aromatic carbocycles. The van der Waals surface area contributed by atoms with Gasteiger partial charge in [0.1, 0.15) is 0 Å². The Bertz CT molecular complexity index is 1130. The Kier molecular flexibility index (Phi) is 3.82. The lowest BCUT2D eigenvalue weighted by atomic mass is 10.2. The first-order valence-electron chi connectivity index (χ1n) is 7.86. The third-order valence-corrected chi connectivity index (χ3v) is 4.95. The van der Waals surface area contributed by atoms with Crippen LogP contribution in [0.15, 0.2) is 59.4 Å². The first-order chi connectivity index (χ1) is 12.1. The fourth-order valence-electron chi connectivity index (χ4n) is 2.66. The van der Waals surface area contributed by atoms with E-state index in [0.29, 0.717) is 15.3 Å². The summed E-state index contributed by atoms with van der Waals surface area (Å²) in [6.07, 6.45) is 1.90. The van der Waals surface area contributed by atoms with Gasteiger partial charge in [0, 0.05) is 25.3 Å². The quantitative estimate of drug-likeness (QED) is 0.571. The third-order valence-electron chi connectivity index (χ3n) is 3.99. The number of hydrogen-bond donors (Lipinski definition) is 0. The van der Waals surface area contributed by atoms with Gasteiger partial charge in [0.25, 0.3) is 5.56 Å². The maximum atomic E-state index is 12.8. The summed E-state index contributed by atoms with van der Waals surface area (Å²) in [5.74, 6) is 0.583. The molecular formula is C19H16N4OS. The molecule has 0 N–H and O–H groups in total. The highest BCUT2D eigenvalue weighted by Gasteiger charge is 2.13. The molecule has 0 unspecified atom stereocenters. The number of benzene rings is 2. The second-order valence-electron chi connectivity index (χ2n) is 5.91. The minimum absolute atomic E-state index is 0.0828. The average Bonchev–Trinajstić information content (AvgIpc) is 3.17. The van der Waals surface area contributed by atoms with Crippen LogP contribution < -0.4 is 15.0 Å². The van der Waals surface area contributed by atoms with Gasteiger partial charge in [-0.05, 0) is 23.8 Å². The zero-order chi connectivity index (χ0) is 17.4. The third kappa shape index (κ3) is 2.81. The van der Waals surface area contributed by atoms with E-state index in [-0.39, 0.29) is 5.56 Å². The van der Waals surface area contributed by atoms with E-state index in [1.54, 1.807) is 4.40 Å². The molecule has 0 radical (unpaired) electrons. The summed E-state index contributed by atoms with van der Waals surface area (Å²) < 4.78 is 2.24. The predicted octanol–water partition coefficient (Wildman–Crippen LogP) is 2.43. The molecule has 5 nitrogen and oxygen atoms in total. The van der Waals surface area contributed by atoms with Gasteiger partial charge in [-0.3, -0.25) is 4.79 Å². The van der Waals surface area contributed by atoms with Gasteiger partial charge >= 0.3 is 0 Å². The number of hydrogen-bond acceptors (Lipinski definition) is 5. The summed E-state index contributed by atoms with van der Waals surface area (Å²) in [5, 5.41) is 8.33. The summed E-state index contributed by atoms with van der Waals surface area (Å²) in [7, 11) is 4.00. The molecule has 0 spiro atoms. The molecule has 25 heavy (non-hydrogen) atoms. The molecule has 0 atom stereocenters. The summed E-state index contributed by atoms with van der Waals surface area (Å²) in [5.41, 5.74) is 2.91. The zero-order valence-electron chi connectivity index (χ0n) is 13.9. The molecule has 0 aliphatic carbocycles. The largest absolute Gasteiger partial charge is 0.378 e. The average molecular weight is 348 g/mol. The van der Waals surface area contributed by atoms with Crippen molar-refractivity contribution < 1.29 is 0 Å². The van der Waals surface area contributed by atoms with Crippen LogP contribution in [0.5, 0.6) is 0 Å². The van der Waals surface area contributed by atoms with E-state index in [1.165, 1.54) is 11.3 Å². The molecule has 0 saturated carbocycles. The van der Waals surface area contributed by atoms with Crippen LogP contribution in [0.1, 0.15) is 5.56 Å². The monoisotopic (exact) mass is 348 g/mol. The van der Waals surface area contributed by atoms with E-state index in [4.69, 9.17) is 0 Å². The Labute approximate surface area is 148 Å². The van der Waals surface area contributed by atoms with Crippen LogP contribution in [-0.4, -0.2) is 28.7 Å². The fraction of sp³-hybridized carbons (Fsp3) is 0.105. The summed E-state index contributed by atoms with van der Waals surface area (Å²) in [4.78, 5) is 15.5. The first kappa shape index (κ1) is 15.5. The van der Waals surface area contributed by atoms with Gasteiger partial charge in [-0.1, -0.05) is 53.8 Å². The summed E-state index contributed by atoms with van der Waals surface area (Å²) in [6, 6.07) is 17.7. The van der Waals surface area contributed by atoms with Gasteiger partial charge in [-0.2, -0.15) is 0 Å². The molecule has 0 saturated heterocycles. The van der Waals surface area contributed by atoms with E-state index in [1.807, 2.05) is 79.7 Å². The minimum atomic E-state index is -0.0828. The van der Waals surface area contributed by atoms with Crippen LogP contribution in [-0.2, 0) is 0 Å². The maximum absolute atomic E-state index is 12.8. The Morgan fingerprint density at radius 3 is 2.40 bits per heavy atom. The SMILES string of the molecule is CN(C)c1ccc(C=c2sc3nnc(-c4ccccc4)n3c2=O)cc1. The molecule has 0 aliphatic heterocycles. The van der Waals surface area contributed by atoms with Crippen LogP contribution >= 0.6 is 11.3 Å². The molecule has 0 aliphatic rings. The molecule has 0 fully saturated rings. The van der Waals surface area contributed by atoms with Crippen molar-refractivity contribution in [1.82, 2.24) is 14.6 Å². The second kappa shape index (κ2) is 6.14. The molecule has 124 valence electrons. The van der Waals surface area contributed by atoms with Crippen LogP contribution in [0.4, 0.5) is 5.69 Å². The van der Waals surface area contributed by atoms with Crippen LogP contribution in [0.2, 0.25) is 0 Å². The molecular weight excluding hydrogens is 332 g/mol. The maximum Gasteiger partial charge on any atom is 0.276 e. The highest BCUT2D eigenvalue weighted by molar-refractivity contribution is 7.15. The molecule has 2 heterocycles. The van der Waals surface area contributed by atoms with Gasteiger partial charge in [-0.25, -0.2) is 4.40 Å². The van der Waals surface area contributed by atoms with Crippen molar-refractivity contribution in [3.63, 3.8) is 0 Å². The van der Waals surface area contributed by atoms with Crippen molar-refractivity contribution in [1.29, 1.82) is 0 Å². The van der Waals surface area contributed by atoms with Gasteiger partial charge in [-0.15, -0.1) is 10.2 Å². The minimum Gasteiger partial charge on any atom is -0.378 e. The fourth-order valence-corrected chi connectivity index (χ4v) is 3.57. The number of rotatable bonds is 3. The Morgan fingerprint density at radius 1 is 1.00 bits per heavy atom. The van der Waals surface area contributed by atoms with Crippen molar-refractivity contribution in [3.8, 4) is 11.4 Å². The summed E-state index contributed by atoms with van der Waals surface area (Å²) in [6.45, 7) is 0. The van der Waals surface area contributed by atoms with Crippen molar-refractivity contribution in [2.45, 2.75) is 0 Å². The van der Waals surface area contributed by atoms with Crippen LogP contribution in [0, 0.1) is 0 Å². The van der Waals surface area contributed by atoms with E-state index < -0.39 is 0 Å². The highest BCUT2D eigenvalue weighted by atomic mass is 32.1. The Morgan fingerprint density at radius 2 is 1.72 bits per heavy atom. The number of anilines is 1. The number of fused-ring (bicyclic) bond motifs is 1. The first-order valence-corrected chi connectivity index (χ1v) is 8.67. The van der Waals surface area contributed by atoms with E-state index in [2.05, 4.69) is 10.2 Å². The predicted molar refractivity (Wildman–Crippen MR) is 102 cm³/mol. The molecule has 4 rings (SSSR count). The Balaban J connectivity index is 1.83. The standard InChI is InChI=1S/C19H16N4OS/c1-22(2)15-10-8-13(9-11-15)12-16-18(24)23-17(20-21-19(23)25-16)14-6-4-3-5-7-14/h3-12H,1-2H3. The number of thiazole rings is 1. The summed E-state index contributed by atoms with van der Waals surface area (Å²) >= 11 is 1.36. The molecule has 4 aromatic rings. The van der Waals surface area contributed by atoms with Crippen molar-refractivity contribution in [3.05, 3.63) is 75.0 Å². The second-order valence-corrected chi connectivity index (χ2v) is 6.92. The molecule has 0 amide bonds. The van der Waals surface area contributed by atoms with E-state index >= 15 is 0 Å². The normalized spacial score (nSPS) is 12.0. The van der Waals surface area contributed by atoms with Crippen molar-refractivity contribution in [2.75, 3.05) is 19.0 Å². The van der Waals surface area contributed by atoms with Crippen molar-refractivity contribution in [2.24, 2.45) is 0 Å². The lowest BCUT2D eigenvalue weighted by Gasteiger charge is -2.11. The van der Waals surface area contributed by atoms with E-state index in [9.17, 15) is 4.79 Å². The topological polar surface area (TPSA) is 50.5 Å². The van der Waals surface area contributed by atoms with Crippen LogP contribution in [0.25, 0.3) is 22.4 Å². The van der Waals surface area contributed by atoms with E-state index in [0.717, 1.165) is 16.8 Å². The molecule has 0 bridgehead atoms. The smallest absolute Gasteiger partial charge is 0.276 e. The van der Waals surface area contributed by atoms with Gasteiger partial charge < -0.3 is 4.90 Å². The number of aromatic nitrogens is 3. The zero-order valence-corrected chi connectivity index (χ0v) is 14.7. The van der Waals surface area contributed by atoms with Gasteiger partial charge in [0.2, 0.25) is 4.96 Å². The Hall–Kier alpha value is -2.99.